The van der Waals surface area contributed by atoms with Crippen LogP contribution in [-0.4, -0.2) is 45.7 Å². The topological polar surface area (TPSA) is 47.4 Å². The SMILES string of the molecule is CC1CN(C(=O)Cn2ccnc2Cl)CC(C)O1. The Hall–Kier alpha value is -1.07. The highest BCUT2D eigenvalue weighted by atomic mass is 35.5. The van der Waals surface area contributed by atoms with Crippen LogP contribution in [0.1, 0.15) is 13.8 Å². The molecule has 94 valence electrons. The van der Waals surface area contributed by atoms with Crippen LogP contribution in [0, 0.1) is 0 Å². The average molecular weight is 258 g/mol. The van der Waals surface area contributed by atoms with Crippen LogP contribution in [0.4, 0.5) is 0 Å². The number of hydrogen-bond donors (Lipinski definition) is 0. The summed E-state index contributed by atoms with van der Waals surface area (Å²) in [6.45, 7) is 5.45. The summed E-state index contributed by atoms with van der Waals surface area (Å²) in [5, 5.41) is 0.340. The predicted molar refractivity (Wildman–Crippen MR) is 63.8 cm³/mol. The number of halogens is 1. The number of ether oxygens (including phenoxy) is 1. The van der Waals surface area contributed by atoms with Gasteiger partial charge in [-0.05, 0) is 25.4 Å². The van der Waals surface area contributed by atoms with Gasteiger partial charge in [0.1, 0.15) is 6.54 Å². The lowest BCUT2D eigenvalue weighted by Gasteiger charge is -2.35. The summed E-state index contributed by atoms with van der Waals surface area (Å²) in [7, 11) is 0. The van der Waals surface area contributed by atoms with Gasteiger partial charge in [-0.1, -0.05) is 0 Å². The maximum Gasteiger partial charge on any atom is 0.242 e. The number of rotatable bonds is 2. The monoisotopic (exact) mass is 257 g/mol. The lowest BCUT2D eigenvalue weighted by atomic mass is 10.2. The van der Waals surface area contributed by atoms with Gasteiger partial charge in [0.25, 0.3) is 0 Å². The Kier molecular flexibility index (Phi) is 3.69. The molecule has 1 saturated heterocycles. The number of aromatic nitrogens is 2. The number of morpholine rings is 1. The molecular weight excluding hydrogens is 242 g/mol. The van der Waals surface area contributed by atoms with Gasteiger partial charge in [0, 0.05) is 25.5 Å². The molecule has 1 aliphatic heterocycles. The molecule has 0 aromatic carbocycles. The van der Waals surface area contributed by atoms with Gasteiger partial charge in [0.15, 0.2) is 0 Å². The van der Waals surface area contributed by atoms with E-state index in [4.69, 9.17) is 16.3 Å². The van der Waals surface area contributed by atoms with Crippen LogP contribution in [0.3, 0.4) is 0 Å². The van der Waals surface area contributed by atoms with Gasteiger partial charge in [-0.3, -0.25) is 4.79 Å². The summed E-state index contributed by atoms with van der Waals surface area (Å²) in [4.78, 5) is 17.8. The van der Waals surface area contributed by atoms with E-state index in [1.165, 1.54) is 0 Å². The Morgan fingerprint density at radius 3 is 2.71 bits per heavy atom. The first-order valence-electron chi connectivity index (χ1n) is 5.66. The molecule has 17 heavy (non-hydrogen) atoms. The Balaban J connectivity index is 1.98. The predicted octanol–water partition coefficient (Wildman–Crippen LogP) is 1.17. The number of nitrogens with zero attached hydrogens (tertiary/aromatic N) is 3. The van der Waals surface area contributed by atoms with Gasteiger partial charge in [-0.2, -0.15) is 0 Å². The highest BCUT2D eigenvalue weighted by Gasteiger charge is 2.25. The molecule has 1 aliphatic rings. The summed E-state index contributed by atoms with van der Waals surface area (Å²) in [5.74, 6) is 0.0481. The minimum absolute atomic E-state index is 0.0481. The lowest BCUT2D eigenvalue weighted by Crippen LogP contribution is -2.49. The first kappa shape index (κ1) is 12.4. The van der Waals surface area contributed by atoms with Crippen LogP contribution in [0.5, 0.6) is 0 Å². The minimum Gasteiger partial charge on any atom is -0.372 e. The van der Waals surface area contributed by atoms with Crippen LogP contribution in [0.2, 0.25) is 5.28 Å². The lowest BCUT2D eigenvalue weighted by molar-refractivity contribution is -0.143. The van der Waals surface area contributed by atoms with Gasteiger partial charge in [0.2, 0.25) is 11.2 Å². The molecule has 2 atom stereocenters. The standard InChI is InChI=1S/C11H16ClN3O2/c1-8-5-15(6-9(2)17-8)10(16)7-14-4-3-13-11(14)12/h3-4,8-9H,5-7H2,1-2H3. The summed E-state index contributed by atoms with van der Waals surface area (Å²) in [6.07, 6.45) is 3.45. The van der Waals surface area contributed by atoms with Gasteiger partial charge in [-0.25, -0.2) is 4.98 Å². The fourth-order valence-corrected chi connectivity index (χ4v) is 2.23. The number of amides is 1. The molecule has 1 amide bonds. The summed E-state index contributed by atoms with van der Waals surface area (Å²) >= 11 is 5.84. The number of carbonyl (C=O) groups is 1. The first-order valence-corrected chi connectivity index (χ1v) is 6.04. The quantitative estimate of drug-likeness (QED) is 0.799. The molecule has 1 aromatic heterocycles. The van der Waals surface area contributed by atoms with Gasteiger partial charge < -0.3 is 14.2 Å². The molecule has 0 bridgehead atoms. The Bertz CT molecular complexity index is 397. The number of imidazole rings is 1. The van der Waals surface area contributed by atoms with Gasteiger partial charge in [-0.15, -0.1) is 0 Å². The third-order valence-electron chi connectivity index (χ3n) is 2.74. The Morgan fingerprint density at radius 2 is 2.18 bits per heavy atom. The van der Waals surface area contributed by atoms with Crippen LogP contribution >= 0.6 is 11.6 Å². The number of carbonyl (C=O) groups excluding carboxylic acids is 1. The zero-order valence-electron chi connectivity index (χ0n) is 9.97. The van der Waals surface area contributed by atoms with Crippen molar-refractivity contribution in [3.05, 3.63) is 17.7 Å². The van der Waals surface area contributed by atoms with Crippen molar-refractivity contribution in [2.75, 3.05) is 13.1 Å². The van der Waals surface area contributed by atoms with Crippen molar-refractivity contribution in [2.24, 2.45) is 0 Å². The second kappa shape index (κ2) is 5.06. The third-order valence-corrected chi connectivity index (χ3v) is 3.06. The molecule has 2 rings (SSSR count). The Labute approximate surface area is 105 Å². The first-order chi connectivity index (χ1) is 8.06. The highest BCUT2D eigenvalue weighted by molar-refractivity contribution is 6.28. The van der Waals surface area contributed by atoms with Crippen molar-refractivity contribution in [3.8, 4) is 0 Å². The van der Waals surface area contributed by atoms with E-state index in [2.05, 4.69) is 4.98 Å². The molecular formula is C11H16ClN3O2. The van der Waals surface area contributed by atoms with E-state index >= 15 is 0 Å². The van der Waals surface area contributed by atoms with Crippen molar-refractivity contribution >= 4 is 17.5 Å². The smallest absolute Gasteiger partial charge is 0.242 e. The highest BCUT2D eigenvalue weighted by Crippen LogP contribution is 2.12. The van der Waals surface area contributed by atoms with Gasteiger partial charge >= 0.3 is 0 Å². The molecule has 2 unspecified atom stereocenters. The van der Waals surface area contributed by atoms with Gasteiger partial charge in [0.05, 0.1) is 12.2 Å². The van der Waals surface area contributed by atoms with Crippen LogP contribution in [0.15, 0.2) is 12.4 Å². The fraction of sp³-hybridized carbons (Fsp3) is 0.636. The zero-order chi connectivity index (χ0) is 12.4. The molecule has 1 aromatic rings. The minimum atomic E-state index is 0.0481. The summed E-state index contributed by atoms with van der Waals surface area (Å²) < 4.78 is 7.22. The maximum atomic E-state index is 12.1. The maximum absolute atomic E-state index is 12.1. The van der Waals surface area contributed by atoms with Crippen LogP contribution < -0.4 is 0 Å². The largest absolute Gasteiger partial charge is 0.372 e. The van der Waals surface area contributed by atoms with E-state index in [9.17, 15) is 4.79 Å². The molecule has 1 fully saturated rings. The van der Waals surface area contributed by atoms with Crippen LogP contribution in [0.25, 0.3) is 0 Å². The summed E-state index contributed by atoms with van der Waals surface area (Å²) in [6, 6.07) is 0. The van der Waals surface area contributed by atoms with E-state index in [1.54, 1.807) is 17.0 Å². The second-order valence-electron chi connectivity index (χ2n) is 4.38. The second-order valence-corrected chi connectivity index (χ2v) is 4.72. The summed E-state index contributed by atoms with van der Waals surface area (Å²) in [5.41, 5.74) is 0. The molecule has 5 nitrogen and oxygen atoms in total. The molecule has 0 radical (unpaired) electrons. The molecule has 0 N–H and O–H groups in total. The molecule has 0 aliphatic carbocycles. The van der Waals surface area contributed by atoms with Crippen molar-refractivity contribution in [1.82, 2.24) is 14.5 Å². The van der Waals surface area contributed by atoms with E-state index < -0.39 is 0 Å². The van der Waals surface area contributed by atoms with Crippen molar-refractivity contribution in [2.45, 2.75) is 32.6 Å². The van der Waals surface area contributed by atoms with Crippen molar-refractivity contribution in [3.63, 3.8) is 0 Å². The molecule has 0 spiro atoms. The van der Waals surface area contributed by atoms with E-state index in [0.717, 1.165) is 0 Å². The van der Waals surface area contributed by atoms with E-state index in [1.807, 2.05) is 18.7 Å². The molecule has 2 heterocycles. The third kappa shape index (κ3) is 2.98. The molecule has 0 saturated carbocycles. The number of hydrogen-bond acceptors (Lipinski definition) is 3. The molecule has 6 heteroatoms. The average Bonchev–Trinajstić information content (AvgIpc) is 2.63. The van der Waals surface area contributed by atoms with Crippen LogP contribution in [-0.2, 0) is 16.1 Å². The zero-order valence-corrected chi connectivity index (χ0v) is 10.7. The fourth-order valence-electron chi connectivity index (χ4n) is 2.06. The van der Waals surface area contributed by atoms with Crippen molar-refractivity contribution in [1.29, 1.82) is 0 Å². The Morgan fingerprint density at radius 1 is 1.53 bits per heavy atom. The van der Waals surface area contributed by atoms with E-state index in [0.29, 0.717) is 18.4 Å². The van der Waals surface area contributed by atoms with Crippen molar-refractivity contribution < 1.29 is 9.53 Å². The van der Waals surface area contributed by atoms with E-state index in [-0.39, 0.29) is 24.7 Å². The normalized spacial score (nSPS) is 25.0.